The Kier molecular flexibility index (Phi) is 3.38. The average molecular weight is 215 g/mol. The van der Waals surface area contributed by atoms with Crippen LogP contribution in [0.2, 0.25) is 0 Å². The number of aromatic nitrogens is 1. The first-order valence-corrected chi connectivity index (χ1v) is 5.06. The summed E-state index contributed by atoms with van der Waals surface area (Å²) < 4.78 is 10.8. The fourth-order valence-electron chi connectivity index (χ4n) is 1.37. The van der Waals surface area contributed by atoms with Gasteiger partial charge < -0.3 is 9.47 Å². The minimum absolute atomic E-state index is 0.446. The van der Waals surface area contributed by atoms with Crippen molar-refractivity contribution in [1.82, 2.24) is 4.98 Å². The van der Waals surface area contributed by atoms with Crippen LogP contribution >= 0.6 is 0 Å². The topological polar surface area (TPSA) is 31.4 Å². The molecule has 0 bridgehead atoms. The standard InChI is InChI=1S/C13H13NO2/c1-15-12-7-2-3-8-13(12)16-10-11-6-4-5-9-14-11/h2-9H,10H2,1H3. The van der Waals surface area contributed by atoms with E-state index in [1.165, 1.54) is 0 Å². The van der Waals surface area contributed by atoms with Crippen LogP contribution in [0.3, 0.4) is 0 Å². The van der Waals surface area contributed by atoms with Gasteiger partial charge in [-0.3, -0.25) is 4.98 Å². The van der Waals surface area contributed by atoms with Gasteiger partial charge in [-0.15, -0.1) is 0 Å². The van der Waals surface area contributed by atoms with Crippen LogP contribution in [-0.4, -0.2) is 12.1 Å². The summed E-state index contributed by atoms with van der Waals surface area (Å²) in [4.78, 5) is 4.18. The molecule has 0 saturated heterocycles. The molecule has 0 atom stereocenters. The number of rotatable bonds is 4. The summed E-state index contributed by atoms with van der Waals surface area (Å²) in [6.45, 7) is 0.446. The Morgan fingerprint density at radius 3 is 2.44 bits per heavy atom. The molecule has 3 nitrogen and oxygen atoms in total. The van der Waals surface area contributed by atoms with Crippen LogP contribution in [0.4, 0.5) is 0 Å². The lowest BCUT2D eigenvalue weighted by Gasteiger charge is -2.09. The summed E-state index contributed by atoms with van der Waals surface area (Å²) in [5, 5.41) is 0. The molecule has 0 fully saturated rings. The number of ether oxygens (including phenoxy) is 2. The van der Waals surface area contributed by atoms with Crippen molar-refractivity contribution in [3.05, 3.63) is 54.4 Å². The summed E-state index contributed by atoms with van der Waals surface area (Å²) in [5.74, 6) is 1.47. The molecule has 0 aliphatic heterocycles. The molecule has 0 aliphatic carbocycles. The monoisotopic (exact) mass is 215 g/mol. The lowest BCUT2D eigenvalue weighted by atomic mass is 10.3. The molecule has 16 heavy (non-hydrogen) atoms. The molecule has 82 valence electrons. The van der Waals surface area contributed by atoms with Crippen LogP contribution in [0.15, 0.2) is 48.7 Å². The third-order valence-corrected chi connectivity index (χ3v) is 2.17. The largest absolute Gasteiger partial charge is 0.493 e. The first kappa shape index (κ1) is 10.5. The average Bonchev–Trinajstić information content (AvgIpc) is 2.38. The van der Waals surface area contributed by atoms with Crippen LogP contribution in [0, 0.1) is 0 Å². The van der Waals surface area contributed by atoms with Gasteiger partial charge in [0.1, 0.15) is 6.61 Å². The Bertz CT molecular complexity index is 443. The van der Waals surface area contributed by atoms with E-state index in [1.54, 1.807) is 13.3 Å². The lowest BCUT2D eigenvalue weighted by molar-refractivity contribution is 0.280. The Balaban J connectivity index is 2.05. The molecule has 1 heterocycles. The second kappa shape index (κ2) is 5.16. The number of hydrogen-bond donors (Lipinski definition) is 0. The van der Waals surface area contributed by atoms with E-state index < -0.39 is 0 Å². The molecule has 0 unspecified atom stereocenters. The minimum Gasteiger partial charge on any atom is -0.493 e. The van der Waals surface area contributed by atoms with Gasteiger partial charge in [-0.1, -0.05) is 18.2 Å². The van der Waals surface area contributed by atoms with Gasteiger partial charge in [0.15, 0.2) is 11.5 Å². The van der Waals surface area contributed by atoms with Crippen molar-refractivity contribution in [1.29, 1.82) is 0 Å². The van der Waals surface area contributed by atoms with Crippen LogP contribution in [0.5, 0.6) is 11.5 Å². The molecule has 0 spiro atoms. The quantitative estimate of drug-likeness (QED) is 0.785. The number of benzene rings is 1. The molecular weight excluding hydrogens is 202 g/mol. The maximum Gasteiger partial charge on any atom is 0.161 e. The van der Waals surface area contributed by atoms with Gasteiger partial charge in [-0.25, -0.2) is 0 Å². The Hall–Kier alpha value is -2.03. The van der Waals surface area contributed by atoms with Gasteiger partial charge in [0.2, 0.25) is 0 Å². The molecule has 2 aromatic rings. The zero-order chi connectivity index (χ0) is 11.2. The molecule has 3 heteroatoms. The molecule has 0 saturated carbocycles. The fraction of sp³-hybridized carbons (Fsp3) is 0.154. The molecule has 0 aliphatic rings. The number of hydrogen-bond acceptors (Lipinski definition) is 3. The van der Waals surface area contributed by atoms with Crippen molar-refractivity contribution in [2.45, 2.75) is 6.61 Å². The number of pyridine rings is 1. The summed E-state index contributed by atoms with van der Waals surface area (Å²) in [7, 11) is 1.63. The molecule has 0 N–H and O–H groups in total. The highest BCUT2D eigenvalue weighted by Crippen LogP contribution is 2.26. The van der Waals surface area contributed by atoms with E-state index in [0.29, 0.717) is 6.61 Å². The fourth-order valence-corrected chi connectivity index (χ4v) is 1.37. The third kappa shape index (κ3) is 2.51. The number of methoxy groups -OCH3 is 1. The van der Waals surface area contributed by atoms with E-state index in [4.69, 9.17) is 9.47 Å². The molecule has 1 aromatic carbocycles. The van der Waals surface area contributed by atoms with E-state index in [2.05, 4.69) is 4.98 Å². The van der Waals surface area contributed by atoms with Gasteiger partial charge in [-0.05, 0) is 24.3 Å². The Morgan fingerprint density at radius 2 is 1.75 bits per heavy atom. The second-order valence-electron chi connectivity index (χ2n) is 3.26. The van der Waals surface area contributed by atoms with Gasteiger partial charge in [-0.2, -0.15) is 0 Å². The van der Waals surface area contributed by atoms with Gasteiger partial charge in [0, 0.05) is 6.20 Å². The second-order valence-corrected chi connectivity index (χ2v) is 3.26. The van der Waals surface area contributed by atoms with Gasteiger partial charge >= 0.3 is 0 Å². The van der Waals surface area contributed by atoms with E-state index in [9.17, 15) is 0 Å². The van der Waals surface area contributed by atoms with Crippen molar-refractivity contribution in [3.63, 3.8) is 0 Å². The van der Waals surface area contributed by atoms with Crippen molar-refractivity contribution < 1.29 is 9.47 Å². The predicted octanol–water partition coefficient (Wildman–Crippen LogP) is 2.67. The highest BCUT2D eigenvalue weighted by Gasteiger charge is 2.02. The molecule has 1 aromatic heterocycles. The summed E-state index contributed by atoms with van der Waals surface area (Å²) in [5.41, 5.74) is 0.897. The van der Waals surface area contributed by atoms with Gasteiger partial charge in [0.05, 0.1) is 12.8 Å². The molecule has 2 rings (SSSR count). The number of nitrogens with zero attached hydrogens (tertiary/aromatic N) is 1. The van der Waals surface area contributed by atoms with Gasteiger partial charge in [0.25, 0.3) is 0 Å². The van der Waals surface area contributed by atoms with E-state index >= 15 is 0 Å². The van der Waals surface area contributed by atoms with Crippen molar-refractivity contribution >= 4 is 0 Å². The third-order valence-electron chi connectivity index (χ3n) is 2.17. The van der Waals surface area contributed by atoms with E-state index in [-0.39, 0.29) is 0 Å². The lowest BCUT2D eigenvalue weighted by Crippen LogP contribution is -1.98. The maximum atomic E-state index is 5.63. The van der Waals surface area contributed by atoms with Crippen LogP contribution in [-0.2, 0) is 6.61 Å². The first-order valence-electron chi connectivity index (χ1n) is 5.06. The minimum atomic E-state index is 0.446. The summed E-state index contributed by atoms with van der Waals surface area (Å²) >= 11 is 0. The Labute approximate surface area is 94.7 Å². The molecule has 0 amide bonds. The van der Waals surface area contributed by atoms with Crippen LogP contribution in [0.1, 0.15) is 5.69 Å². The van der Waals surface area contributed by atoms with Crippen molar-refractivity contribution in [3.8, 4) is 11.5 Å². The highest BCUT2D eigenvalue weighted by atomic mass is 16.5. The summed E-state index contributed by atoms with van der Waals surface area (Å²) in [6.07, 6.45) is 1.75. The van der Waals surface area contributed by atoms with E-state index in [0.717, 1.165) is 17.2 Å². The number of para-hydroxylation sites is 2. The Morgan fingerprint density at radius 1 is 1.00 bits per heavy atom. The van der Waals surface area contributed by atoms with Crippen LogP contribution < -0.4 is 9.47 Å². The summed E-state index contributed by atoms with van der Waals surface area (Å²) in [6, 6.07) is 13.3. The predicted molar refractivity (Wildman–Crippen MR) is 61.6 cm³/mol. The maximum absolute atomic E-state index is 5.63. The molecular formula is C13H13NO2. The van der Waals surface area contributed by atoms with Crippen molar-refractivity contribution in [2.75, 3.05) is 7.11 Å². The zero-order valence-corrected chi connectivity index (χ0v) is 9.09. The van der Waals surface area contributed by atoms with Crippen LogP contribution in [0.25, 0.3) is 0 Å². The zero-order valence-electron chi connectivity index (χ0n) is 9.09. The molecule has 0 radical (unpaired) electrons. The first-order chi connectivity index (χ1) is 7.90. The SMILES string of the molecule is COc1ccccc1OCc1ccccn1. The normalized spacial score (nSPS) is 9.81. The van der Waals surface area contributed by atoms with E-state index in [1.807, 2.05) is 42.5 Å². The van der Waals surface area contributed by atoms with Crippen molar-refractivity contribution in [2.24, 2.45) is 0 Å². The highest BCUT2D eigenvalue weighted by molar-refractivity contribution is 5.39. The smallest absolute Gasteiger partial charge is 0.161 e.